The molecular formula is C20H17F2N3S. The maximum Gasteiger partial charge on any atom is 0.297 e. The van der Waals surface area contributed by atoms with Crippen molar-refractivity contribution in [3.63, 3.8) is 0 Å². The number of aromatic nitrogens is 2. The molecule has 0 amide bonds. The van der Waals surface area contributed by atoms with E-state index in [2.05, 4.69) is 15.0 Å². The fourth-order valence-corrected chi connectivity index (χ4v) is 3.75. The van der Waals surface area contributed by atoms with Crippen molar-refractivity contribution in [3.8, 4) is 0 Å². The van der Waals surface area contributed by atoms with Crippen LogP contribution >= 0.6 is 11.8 Å². The third kappa shape index (κ3) is 2.43. The van der Waals surface area contributed by atoms with E-state index in [0.717, 1.165) is 15.9 Å². The Bertz CT molecular complexity index is 1040. The zero-order valence-corrected chi connectivity index (χ0v) is 15.4. The number of hydrogen-bond donors (Lipinski definition) is 0. The van der Waals surface area contributed by atoms with Crippen molar-refractivity contribution in [1.82, 2.24) is 9.97 Å². The van der Waals surface area contributed by atoms with Gasteiger partial charge in [0.25, 0.3) is 5.92 Å². The number of aliphatic imine (C=N–C) groups is 1. The minimum Gasteiger partial charge on any atom is -0.268 e. The molecule has 0 saturated heterocycles. The zero-order chi connectivity index (χ0) is 18.5. The largest absolute Gasteiger partial charge is 0.297 e. The van der Waals surface area contributed by atoms with Crippen LogP contribution in [0, 0.1) is 0 Å². The number of alkyl halides is 2. The molecule has 1 aliphatic heterocycles. The van der Waals surface area contributed by atoms with Crippen molar-refractivity contribution in [2.75, 3.05) is 6.26 Å². The van der Waals surface area contributed by atoms with Crippen LogP contribution in [0.1, 0.15) is 30.8 Å². The van der Waals surface area contributed by atoms with Crippen LogP contribution in [0.4, 0.5) is 8.78 Å². The highest BCUT2D eigenvalue weighted by Crippen LogP contribution is 2.46. The minimum atomic E-state index is -3.06. The molecule has 0 aliphatic carbocycles. The Morgan fingerprint density at radius 3 is 2.38 bits per heavy atom. The smallest absolute Gasteiger partial charge is 0.268 e. The van der Waals surface area contributed by atoms with Gasteiger partial charge in [0, 0.05) is 16.5 Å². The predicted molar refractivity (Wildman–Crippen MR) is 101 cm³/mol. The topological polar surface area (TPSA) is 38.1 Å². The Hall–Kier alpha value is -2.34. The summed E-state index contributed by atoms with van der Waals surface area (Å²) in [5.41, 5.74) is -0.0306. The molecule has 0 radical (unpaired) electrons. The highest BCUT2D eigenvalue weighted by molar-refractivity contribution is 7.98. The van der Waals surface area contributed by atoms with Crippen LogP contribution in [0.3, 0.4) is 0 Å². The summed E-state index contributed by atoms with van der Waals surface area (Å²) in [7, 11) is 0. The second-order valence-corrected chi connectivity index (χ2v) is 7.51. The lowest BCUT2D eigenvalue weighted by atomic mass is 9.83. The Morgan fingerprint density at radius 2 is 1.62 bits per heavy atom. The van der Waals surface area contributed by atoms with Crippen LogP contribution in [-0.2, 0) is 5.92 Å². The predicted octanol–water partition coefficient (Wildman–Crippen LogP) is 5.07. The van der Waals surface area contributed by atoms with Gasteiger partial charge in [0.1, 0.15) is 16.3 Å². The molecule has 0 spiro atoms. The first-order chi connectivity index (χ1) is 12.3. The molecule has 2 aromatic carbocycles. The zero-order valence-electron chi connectivity index (χ0n) is 14.6. The molecule has 1 aromatic heterocycles. The standard InChI is InChI=1S/C20H17F2N3S/c1-19(2)20(21,22)14-10-6-4-8-12(14)16(25-19)17-23-15-11-7-5-9-13(15)18(24-17)26-3/h4-11H,1-3H3. The summed E-state index contributed by atoms with van der Waals surface area (Å²) < 4.78 is 29.8. The van der Waals surface area contributed by atoms with Crippen LogP contribution in [0.25, 0.3) is 10.9 Å². The van der Waals surface area contributed by atoms with E-state index in [-0.39, 0.29) is 5.56 Å². The summed E-state index contributed by atoms with van der Waals surface area (Å²) in [6.45, 7) is 2.89. The van der Waals surface area contributed by atoms with Gasteiger partial charge in [0.2, 0.25) is 0 Å². The van der Waals surface area contributed by atoms with Crippen molar-refractivity contribution < 1.29 is 8.78 Å². The van der Waals surface area contributed by atoms with Gasteiger partial charge in [0.15, 0.2) is 5.82 Å². The molecule has 0 bridgehead atoms. The molecule has 0 atom stereocenters. The quantitative estimate of drug-likeness (QED) is 0.467. The molecule has 0 N–H and O–H groups in total. The maximum atomic E-state index is 14.9. The van der Waals surface area contributed by atoms with E-state index < -0.39 is 11.5 Å². The van der Waals surface area contributed by atoms with E-state index in [1.54, 1.807) is 18.2 Å². The normalized spacial score (nSPS) is 17.7. The highest BCUT2D eigenvalue weighted by Gasteiger charge is 2.53. The van der Waals surface area contributed by atoms with Crippen LogP contribution < -0.4 is 0 Å². The SMILES string of the molecule is CSc1nc(C2=NC(C)(C)C(F)(F)c3ccccc32)nc2ccccc12. The molecule has 0 unspecified atom stereocenters. The van der Waals surface area contributed by atoms with Crippen LogP contribution in [0.15, 0.2) is 58.5 Å². The Morgan fingerprint density at radius 1 is 0.923 bits per heavy atom. The number of benzene rings is 2. The number of halogens is 2. The second-order valence-electron chi connectivity index (χ2n) is 6.71. The molecule has 3 nitrogen and oxygen atoms in total. The van der Waals surface area contributed by atoms with Crippen LogP contribution in [0.2, 0.25) is 0 Å². The molecule has 0 fully saturated rings. The van der Waals surface area contributed by atoms with Crippen molar-refractivity contribution in [2.45, 2.75) is 30.3 Å². The summed E-state index contributed by atoms with van der Waals surface area (Å²) in [4.78, 5) is 13.6. The van der Waals surface area contributed by atoms with E-state index in [9.17, 15) is 8.78 Å². The van der Waals surface area contributed by atoms with Crippen molar-refractivity contribution >= 4 is 28.4 Å². The van der Waals surface area contributed by atoms with E-state index >= 15 is 0 Å². The van der Waals surface area contributed by atoms with Gasteiger partial charge in [-0.15, -0.1) is 11.8 Å². The number of fused-ring (bicyclic) bond motifs is 2. The van der Waals surface area contributed by atoms with E-state index in [4.69, 9.17) is 0 Å². The molecule has 4 rings (SSSR count). The fourth-order valence-electron chi connectivity index (χ4n) is 3.18. The minimum absolute atomic E-state index is 0.0301. The van der Waals surface area contributed by atoms with Gasteiger partial charge < -0.3 is 0 Å². The van der Waals surface area contributed by atoms with Crippen molar-refractivity contribution in [2.24, 2.45) is 4.99 Å². The second kappa shape index (κ2) is 5.84. The summed E-state index contributed by atoms with van der Waals surface area (Å²) in [5, 5.41) is 1.75. The Kier molecular flexibility index (Phi) is 3.84. The van der Waals surface area contributed by atoms with E-state index in [1.807, 2.05) is 30.5 Å². The molecule has 26 heavy (non-hydrogen) atoms. The molecule has 1 aliphatic rings. The van der Waals surface area contributed by atoms with E-state index in [0.29, 0.717) is 17.1 Å². The number of nitrogens with zero attached hydrogens (tertiary/aromatic N) is 3. The first-order valence-corrected chi connectivity index (χ1v) is 9.46. The van der Waals surface area contributed by atoms with Gasteiger partial charge >= 0.3 is 0 Å². The first kappa shape index (κ1) is 17.1. The summed E-state index contributed by atoms with van der Waals surface area (Å²) in [5.74, 6) is -2.68. The molecule has 3 aromatic rings. The van der Waals surface area contributed by atoms with Gasteiger partial charge in [-0.3, -0.25) is 4.99 Å². The number of rotatable bonds is 2. The van der Waals surface area contributed by atoms with Gasteiger partial charge in [-0.05, 0) is 26.2 Å². The van der Waals surface area contributed by atoms with Gasteiger partial charge in [-0.25, -0.2) is 9.97 Å². The Balaban J connectivity index is 2.01. The average molecular weight is 369 g/mol. The average Bonchev–Trinajstić information content (AvgIpc) is 2.64. The highest BCUT2D eigenvalue weighted by atomic mass is 32.2. The Labute approximate surface area is 154 Å². The molecular weight excluding hydrogens is 352 g/mol. The van der Waals surface area contributed by atoms with E-state index in [1.165, 1.54) is 31.7 Å². The van der Waals surface area contributed by atoms with Gasteiger partial charge in [0.05, 0.1) is 5.52 Å². The fraction of sp³-hybridized carbons (Fsp3) is 0.250. The summed E-state index contributed by atoms with van der Waals surface area (Å²) in [6, 6.07) is 14.2. The molecule has 132 valence electrons. The molecule has 2 heterocycles. The number of para-hydroxylation sites is 1. The summed E-state index contributed by atoms with van der Waals surface area (Å²) >= 11 is 1.50. The third-order valence-electron chi connectivity index (χ3n) is 4.65. The number of thioether (sulfide) groups is 1. The monoisotopic (exact) mass is 369 g/mol. The lowest BCUT2D eigenvalue weighted by molar-refractivity contribution is -0.0682. The van der Waals surface area contributed by atoms with Crippen molar-refractivity contribution in [3.05, 3.63) is 65.5 Å². The van der Waals surface area contributed by atoms with Crippen LogP contribution in [-0.4, -0.2) is 27.5 Å². The van der Waals surface area contributed by atoms with Gasteiger partial charge in [-0.2, -0.15) is 8.78 Å². The van der Waals surface area contributed by atoms with Gasteiger partial charge in [-0.1, -0.05) is 42.5 Å². The first-order valence-electron chi connectivity index (χ1n) is 8.24. The number of hydrogen-bond acceptors (Lipinski definition) is 4. The van der Waals surface area contributed by atoms with Crippen molar-refractivity contribution in [1.29, 1.82) is 0 Å². The molecule has 0 saturated carbocycles. The summed E-state index contributed by atoms with van der Waals surface area (Å²) in [6.07, 6.45) is 1.94. The maximum absolute atomic E-state index is 14.9. The lowest BCUT2D eigenvalue weighted by Crippen LogP contribution is -2.44. The molecule has 6 heteroatoms. The third-order valence-corrected chi connectivity index (χ3v) is 5.35. The van der Waals surface area contributed by atoms with Crippen LogP contribution in [0.5, 0.6) is 0 Å². The lowest BCUT2D eigenvalue weighted by Gasteiger charge is -2.36.